The molecule has 0 bridgehead atoms. The molecular formula is C25H28N6O. The van der Waals surface area contributed by atoms with Crippen LogP contribution in [0, 0.1) is 25.7 Å². The molecule has 164 valence electrons. The number of aromatic nitrogens is 4. The van der Waals surface area contributed by atoms with Gasteiger partial charge in [-0.05, 0) is 73.8 Å². The summed E-state index contributed by atoms with van der Waals surface area (Å²) in [5.74, 6) is 2.79. The number of aryl methyl sites for hydroxylation is 2. The topological polar surface area (TPSA) is 75.9 Å². The van der Waals surface area contributed by atoms with Gasteiger partial charge in [-0.3, -0.25) is 14.5 Å². The summed E-state index contributed by atoms with van der Waals surface area (Å²) in [5.41, 5.74) is 6.25. The molecule has 32 heavy (non-hydrogen) atoms. The van der Waals surface area contributed by atoms with Gasteiger partial charge in [0.25, 0.3) is 5.91 Å². The minimum Gasteiger partial charge on any atom is -0.356 e. The molecule has 4 heterocycles. The molecular weight excluding hydrogens is 400 g/mol. The number of carbonyl (C=O) groups excluding carboxylic acids is 1. The van der Waals surface area contributed by atoms with E-state index >= 15 is 0 Å². The third-order valence-corrected chi connectivity index (χ3v) is 7.38. The number of nitrogens with zero attached hydrogens (tertiary/aromatic N) is 5. The molecule has 1 saturated carbocycles. The van der Waals surface area contributed by atoms with E-state index in [1.807, 2.05) is 30.1 Å². The van der Waals surface area contributed by atoms with Crippen LogP contribution in [0.4, 0.5) is 5.82 Å². The molecule has 7 nitrogen and oxygen atoms in total. The maximum absolute atomic E-state index is 12.9. The number of nitrogens with one attached hydrogen (secondary N) is 1. The Morgan fingerprint density at radius 1 is 1.16 bits per heavy atom. The van der Waals surface area contributed by atoms with Gasteiger partial charge in [0, 0.05) is 36.9 Å². The summed E-state index contributed by atoms with van der Waals surface area (Å²) >= 11 is 0. The second kappa shape index (κ2) is 7.43. The van der Waals surface area contributed by atoms with Crippen LogP contribution in [0.15, 0.2) is 36.8 Å². The first-order valence-corrected chi connectivity index (χ1v) is 11.5. The molecule has 2 unspecified atom stereocenters. The van der Waals surface area contributed by atoms with E-state index in [0.717, 1.165) is 60.5 Å². The van der Waals surface area contributed by atoms with Crippen molar-refractivity contribution in [2.45, 2.75) is 45.7 Å². The highest BCUT2D eigenvalue weighted by Crippen LogP contribution is 2.46. The average Bonchev–Trinajstić information content (AvgIpc) is 3.17. The number of pyridine rings is 2. The first-order valence-electron chi connectivity index (χ1n) is 11.5. The van der Waals surface area contributed by atoms with E-state index in [0.29, 0.717) is 12.1 Å². The van der Waals surface area contributed by atoms with Crippen molar-refractivity contribution in [3.63, 3.8) is 0 Å². The summed E-state index contributed by atoms with van der Waals surface area (Å²) in [4.78, 5) is 24.5. The van der Waals surface area contributed by atoms with Crippen molar-refractivity contribution in [2.24, 2.45) is 11.8 Å². The van der Waals surface area contributed by atoms with Crippen molar-refractivity contribution in [3.05, 3.63) is 70.4 Å². The Hall–Kier alpha value is -3.22. The summed E-state index contributed by atoms with van der Waals surface area (Å²) in [6.07, 6.45) is 8.57. The van der Waals surface area contributed by atoms with Crippen molar-refractivity contribution < 1.29 is 4.79 Å². The van der Waals surface area contributed by atoms with E-state index in [-0.39, 0.29) is 11.9 Å². The molecule has 0 spiro atoms. The fraction of sp³-hybridized carbons (Fsp3) is 0.440. The summed E-state index contributed by atoms with van der Waals surface area (Å²) in [7, 11) is 0. The number of anilines is 1. The molecule has 3 atom stereocenters. The highest BCUT2D eigenvalue weighted by atomic mass is 16.1. The van der Waals surface area contributed by atoms with Gasteiger partial charge in [0.2, 0.25) is 0 Å². The largest absolute Gasteiger partial charge is 0.356 e. The first-order chi connectivity index (χ1) is 15.5. The molecule has 1 saturated heterocycles. The number of fused-ring (bicyclic) bond motifs is 2. The molecule has 0 aromatic carbocycles. The van der Waals surface area contributed by atoms with E-state index in [2.05, 4.69) is 39.4 Å². The maximum atomic E-state index is 12.9. The Bertz CT molecular complexity index is 1190. The maximum Gasteiger partial charge on any atom is 0.254 e. The quantitative estimate of drug-likeness (QED) is 0.675. The number of piperidine rings is 1. The smallest absolute Gasteiger partial charge is 0.254 e. The van der Waals surface area contributed by atoms with E-state index < -0.39 is 0 Å². The van der Waals surface area contributed by atoms with Gasteiger partial charge >= 0.3 is 0 Å². The summed E-state index contributed by atoms with van der Waals surface area (Å²) < 4.78 is 1.82. The molecule has 2 aliphatic carbocycles. The lowest BCUT2D eigenvalue weighted by Crippen LogP contribution is -2.26. The lowest BCUT2D eigenvalue weighted by atomic mass is 10.1. The van der Waals surface area contributed by atoms with Crippen molar-refractivity contribution >= 4 is 11.7 Å². The Kier molecular flexibility index (Phi) is 4.52. The number of rotatable bonds is 5. The number of hydrogen-bond acceptors (Lipinski definition) is 5. The van der Waals surface area contributed by atoms with Gasteiger partial charge in [0.15, 0.2) is 0 Å². The average molecular weight is 429 g/mol. The van der Waals surface area contributed by atoms with Crippen molar-refractivity contribution in [3.8, 4) is 0 Å². The summed E-state index contributed by atoms with van der Waals surface area (Å²) in [6.45, 7) is 6.99. The van der Waals surface area contributed by atoms with Gasteiger partial charge in [-0.15, -0.1) is 0 Å². The second-order valence-corrected chi connectivity index (χ2v) is 9.53. The monoisotopic (exact) mass is 428 g/mol. The summed E-state index contributed by atoms with van der Waals surface area (Å²) in [6, 6.07) is 6.33. The Morgan fingerprint density at radius 2 is 2.00 bits per heavy atom. The van der Waals surface area contributed by atoms with Crippen LogP contribution in [-0.2, 0) is 13.0 Å². The standard InChI is InChI=1S/C25H28N6O/c1-15-17(3-6-24(28-15)30-11-18-9-19(18)12-30)13-31-14-20(10-27-31)25(32)29-23-5-4-21-16(2)26-8-7-22(21)23/h3,6-8,10,14,18-19,23H,4-5,9,11-13H2,1-2H3,(H,29,32)/t18?,19?,23-/m1/s1. The van der Waals surface area contributed by atoms with Crippen LogP contribution in [0.3, 0.4) is 0 Å². The van der Waals surface area contributed by atoms with Crippen molar-refractivity contribution in [2.75, 3.05) is 18.0 Å². The molecule has 1 aliphatic heterocycles. The third-order valence-electron chi connectivity index (χ3n) is 7.38. The Balaban J connectivity index is 1.12. The first kappa shape index (κ1) is 19.5. The van der Waals surface area contributed by atoms with Crippen LogP contribution >= 0.6 is 0 Å². The molecule has 1 N–H and O–H groups in total. The molecule has 3 aromatic heterocycles. The zero-order valence-corrected chi connectivity index (χ0v) is 18.6. The zero-order chi connectivity index (χ0) is 21.8. The fourth-order valence-electron chi connectivity index (χ4n) is 5.35. The lowest BCUT2D eigenvalue weighted by molar-refractivity contribution is 0.0936. The van der Waals surface area contributed by atoms with Crippen molar-refractivity contribution in [1.82, 2.24) is 25.1 Å². The van der Waals surface area contributed by atoms with Crippen LogP contribution in [0.25, 0.3) is 0 Å². The number of carbonyl (C=O) groups is 1. The highest BCUT2D eigenvalue weighted by Gasteiger charge is 2.45. The van der Waals surface area contributed by atoms with E-state index in [4.69, 9.17) is 4.98 Å². The summed E-state index contributed by atoms with van der Waals surface area (Å²) in [5, 5.41) is 7.60. The van der Waals surface area contributed by atoms with E-state index in [1.165, 1.54) is 17.5 Å². The third kappa shape index (κ3) is 3.45. The fourth-order valence-corrected chi connectivity index (χ4v) is 5.35. The van der Waals surface area contributed by atoms with Gasteiger partial charge in [-0.2, -0.15) is 5.10 Å². The number of hydrogen-bond donors (Lipinski definition) is 1. The SMILES string of the molecule is Cc1nc(N2CC3CC3C2)ccc1Cn1cc(C(=O)N[C@@H]2CCc3c2ccnc3C)cn1. The minimum atomic E-state index is -0.0821. The molecule has 6 rings (SSSR count). The molecule has 2 fully saturated rings. The Labute approximate surface area is 187 Å². The van der Waals surface area contributed by atoms with Gasteiger partial charge in [-0.25, -0.2) is 4.98 Å². The molecule has 3 aliphatic rings. The lowest BCUT2D eigenvalue weighted by Gasteiger charge is -2.20. The Morgan fingerprint density at radius 3 is 2.81 bits per heavy atom. The van der Waals surface area contributed by atoms with Gasteiger partial charge in [0.1, 0.15) is 5.82 Å². The van der Waals surface area contributed by atoms with Crippen LogP contribution in [0.2, 0.25) is 0 Å². The molecule has 3 aromatic rings. The predicted octanol–water partition coefficient (Wildman–Crippen LogP) is 3.21. The second-order valence-electron chi connectivity index (χ2n) is 9.53. The number of amides is 1. The molecule has 1 amide bonds. The molecule has 7 heteroatoms. The van der Waals surface area contributed by atoms with Gasteiger partial charge < -0.3 is 10.2 Å². The van der Waals surface area contributed by atoms with Crippen molar-refractivity contribution in [1.29, 1.82) is 0 Å². The van der Waals surface area contributed by atoms with Crippen LogP contribution < -0.4 is 10.2 Å². The van der Waals surface area contributed by atoms with Crippen LogP contribution in [-0.4, -0.2) is 38.7 Å². The predicted molar refractivity (Wildman–Crippen MR) is 122 cm³/mol. The van der Waals surface area contributed by atoms with E-state index in [1.54, 1.807) is 6.20 Å². The highest BCUT2D eigenvalue weighted by molar-refractivity contribution is 5.94. The van der Waals surface area contributed by atoms with E-state index in [9.17, 15) is 4.79 Å². The van der Waals surface area contributed by atoms with Crippen LogP contribution in [0.5, 0.6) is 0 Å². The molecule has 0 radical (unpaired) electrons. The minimum absolute atomic E-state index is 0.0400. The van der Waals surface area contributed by atoms with Gasteiger partial charge in [0.05, 0.1) is 24.3 Å². The van der Waals surface area contributed by atoms with Crippen LogP contribution in [0.1, 0.15) is 57.3 Å². The normalized spacial score (nSPS) is 23.2. The zero-order valence-electron chi connectivity index (χ0n) is 18.6. The van der Waals surface area contributed by atoms with Gasteiger partial charge in [-0.1, -0.05) is 6.07 Å².